The van der Waals surface area contributed by atoms with E-state index in [0.29, 0.717) is 16.5 Å². The zero-order valence-electron chi connectivity index (χ0n) is 9.36. The molecule has 0 saturated carbocycles. The van der Waals surface area contributed by atoms with Crippen LogP contribution in [0.25, 0.3) is 0 Å². The number of aromatic nitrogens is 1. The summed E-state index contributed by atoms with van der Waals surface area (Å²) in [6, 6.07) is 9.41. The summed E-state index contributed by atoms with van der Waals surface area (Å²) in [5.41, 5.74) is 2.89. The van der Waals surface area contributed by atoms with Gasteiger partial charge in [-0.25, -0.2) is 15.2 Å². The van der Waals surface area contributed by atoms with E-state index in [1.807, 2.05) is 0 Å². The quantitative estimate of drug-likeness (QED) is 0.661. The van der Waals surface area contributed by atoms with Crippen molar-refractivity contribution in [1.29, 1.82) is 0 Å². The van der Waals surface area contributed by atoms with Crippen molar-refractivity contribution in [1.82, 2.24) is 4.98 Å². The normalized spacial score (nSPS) is 10.2. The highest BCUT2D eigenvalue weighted by atomic mass is 35.5. The van der Waals surface area contributed by atoms with Gasteiger partial charge in [0, 0.05) is 0 Å². The summed E-state index contributed by atoms with van der Waals surface area (Å²) in [5.74, 6) is 5.43. The Bertz CT molecular complexity index is 551. The minimum absolute atomic E-state index is 0.0648. The molecule has 3 N–H and O–H groups in total. The Hall–Kier alpha value is -1.85. The molecule has 0 amide bonds. The monoisotopic (exact) mass is 267 g/mol. The fourth-order valence-electron chi connectivity index (χ4n) is 1.37. The molecule has 0 spiro atoms. The maximum atomic E-state index is 13.3. The molecule has 2 aromatic rings. The lowest BCUT2D eigenvalue weighted by Crippen LogP contribution is -2.10. The van der Waals surface area contributed by atoms with Crippen molar-refractivity contribution < 1.29 is 9.13 Å². The van der Waals surface area contributed by atoms with Crippen molar-refractivity contribution in [3.63, 3.8) is 0 Å². The highest BCUT2D eigenvalue weighted by Gasteiger charge is 2.07. The molecule has 1 heterocycles. The molecule has 94 valence electrons. The number of para-hydroxylation sites is 1. The topological polar surface area (TPSA) is 60.2 Å². The number of hydrogen-bond acceptors (Lipinski definition) is 4. The van der Waals surface area contributed by atoms with Gasteiger partial charge in [0.15, 0.2) is 11.6 Å². The second-order valence-corrected chi connectivity index (χ2v) is 3.90. The number of hydrogen-bond donors (Lipinski definition) is 2. The van der Waals surface area contributed by atoms with Crippen LogP contribution in [0.2, 0.25) is 5.02 Å². The summed E-state index contributed by atoms with van der Waals surface area (Å²) >= 11 is 5.95. The number of hydrazine groups is 1. The van der Waals surface area contributed by atoms with Gasteiger partial charge in [0.25, 0.3) is 0 Å². The highest BCUT2D eigenvalue weighted by molar-refractivity contribution is 6.31. The largest absolute Gasteiger partial charge is 0.484 e. The molecule has 2 rings (SSSR count). The zero-order valence-corrected chi connectivity index (χ0v) is 10.1. The molecule has 0 bridgehead atoms. The van der Waals surface area contributed by atoms with E-state index in [9.17, 15) is 4.39 Å². The molecule has 18 heavy (non-hydrogen) atoms. The molecular formula is C12H11ClFN3O. The number of nitrogens with zero attached hydrogens (tertiary/aromatic N) is 1. The van der Waals surface area contributed by atoms with Gasteiger partial charge in [-0.1, -0.05) is 23.7 Å². The fourth-order valence-corrected chi connectivity index (χ4v) is 1.53. The van der Waals surface area contributed by atoms with Crippen LogP contribution < -0.4 is 16.0 Å². The van der Waals surface area contributed by atoms with Crippen LogP contribution in [0.3, 0.4) is 0 Å². The predicted octanol–water partition coefficient (Wildman–Crippen LogP) is 2.74. The zero-order chi connectivity index (χ0) is 13.0. The first-order valence-corrected chi connectivity index (χ1v) is 5.58. The van der Waals surface area contributed by atoms with E-state index >= 15 is 0 Å². The van der Waals surface area contributed by atoms with Crippen LogP contribution >= 0.6 is 11.6 Å². The van der Waals surface area contributed by atoms with Gasteiger partial charge in [0.2, 0.25) is 0 Å². The highest BCUT2D eigenvalue weighted by Crippen LogP contribution is 2.20. The van der Waals surface area contributed by atoms with Gasteiger partial charge in [0.05, 0.1) is 10.7 Å². The SMILES string of the molecule is NNc1ccc(Cl)c(COc2ccccc2F)n1. The lowest BCUT2D eigenvalue weighted by atomic mass is 10.3. The Balaban J connectivity index is 2.13. The molecule has 6 heteroatoms. The van der Waals surface area contributed by atoms with Crippen molar-refractivity contribution in [2.45, 2.75) is 6.61 Å². The van der Waals surface area contributed by atoms with E-state index in [-0.39, 0.29) is 12.4 Å². The van der Waals surface area contributed by atoms with Gasteiger partial charge in [0.1, 0.15) is 12.4 Å². The molecule has 0 aliphatic heterocycles. The van der Waals surface area contributed by atoms with Crippen LogP contribution in [0, 0.1) is 5.82 Å². The first-order chi connectivity index (χ1) is 8.70. The number of anilines is 1. The van der Waals surface area contributed by atoms with Crippen molar-refractivity contribution in [2.24, 2.45) is 5.84 Å². The molecule has 0 aliphatic rings. The molecule has 1 aromatic carbocycles. The number of nitrogens with two attached hydrogens (primary N) is 1. The van der Waals surface area contributed by atoms with Crippen molar-refractivity contribution in [2.75, 3.05) is 5.43 Å². The van der Waals surface area contributed by atoms with E-state index in [1.165, 1.54) is 12.1 Å². The standard InChI is InChI=1S/C12H11ClFN3O/c13-8-5-6-12(17-15)16-10(8)7-18-11-4-2-1-3-9(11)14/h1-6H,7,15H2,(H,16,17). The number of benzene rings is 1. The van der Waals surface area contributed by atoms with Gasteiger partial charge < -0.3 is 10.2 Å². The fraction of sp³-hybridized carbons (Fsp3) is 0.0833. The number of nitrogen functional groups attached to an aromatic ring is 1. The van der Waals surface area contributed by atoms with Crippen LogP contribution in [0.15, 0.2) is 36.4 Å². The maximum Gasteiger partial charge on any atom is 0.165 e. The molecular weight excluding hydrogens is 257 g/mol. The average molecular weight is 268 g/mol. The minimum Gasteiger partial charge on any atom is -0.484 e. The first-order valence-electron chi connectivity index (χ1n) is 5.20. The molecule has 0 aliphatic carbocycles. The Morgan fingerprint density at radius 1 is 1.28 bits per heavy atom. The van der Waals surface area contributed by atoms with E-state index in [4.69, 9.17) is 22.2 Å². The van der Waals surface area contributed by atoms with Crippen LogP contribution in [0.1, 0.15) is 5.69 Å². The van der Waals surface area contributed by atoms with Crippen molar-refractivity contribution in [3.05, 3.63) is 52.9 Å². The number of pyridine rings is 1. The summed E-state index contributed by atoms with van der Waals surface area (Å²) in [7, 11) is 0. The lowest BCUT2D eigenvalue weighted by Gasteiger charge is -2.09. The third-order valence-corrected chi connectivity index (χ3v) is 2.61. The van der Waals surface area contributed by atoms with E-state index in [0.717, 1.165) is 0 Å². The number of nitrogens with one attached hydrogen (secondary N) is 1. The molecule has 0 unspecified atom stereocenters. The Labute approximate surface area is 109 Å². The average Bonchev–Trinajstić information content (AvgIpc) is 2.39. The van der Waals surface area contributed by atoms with Crippen LogP contribution in [0.4, 0.5) is 10.2 Å². The van der Waals surface area contributed by atoms with Crippen LogP contribution in [-0.2, 0) is 6.61 Å². The minimum atomic E-state index is -0.429. The predicted molar refractivity (Wildman–Crippen MR) is 67.8 cm³/mol. The summed E-state index contributed by atoms with van der Waals surface area (Å²) in [6.45, 7) is 0.0648. The molecule has 4 nitrogen and oxygen atoms in total. The van der Waals surface area contributed by atoms with Gasteiger partial charge in [-0.2, -0.15) is 0 Å². The summed E-state index contributed by atoms with van der Waals surface area (Å²) in [4.78, 5) is 4.12. The molecule has 1 aromatic heterocycles. The van der Waals surface area contributed by atoms with Crippen LogP contribution in [0.5, 0.6) is 5.75 Å². The molecule has 0 saturated heterocycles. The maximum absolute atomic E-state index is 13.3. The molecule has 0 radical (unpaired) electrons. The number of ether oxygens (including phenoxy) is 1. The van der Waals surface area contributed by atoms with Crippen molar-refractivity contribution >= 4 is 17.4 Å². The lowest BCUT2D eigenvalue weighted by molar-refractivity contribution is 0.286. The Morgan fingerprint density at radius 3 is 2.78 bits per heavy atom. The van der Waals surface area contributed by atoms with Crippen molar-refractivity contribution in [3.8, 4) is 5.75 Å². The van der Waals surface area contributed by atoms with E-state index in [2.05, 4.69) is 10.4 Å². The third-order valence-electron chi connectivity index (χ3n) is 2.27. The van der Waals surface area contributed by atoms with Gasteiger partial charge >= 0.3 is 0 Å². The van der Waals surface area contributed by atoms with Gasteiger partial charge in [-0.15, -0.1) is 0 Å². The van der Waals surface area contributed by atoms with Gasteiger partial charge in [-0.3, -0.25) is 0 Å². The summed E-state index contributed by atoms with van der Waals surface area (Å²) < 4.78 is 18.6. The summed E-state index contributed by atoms with van der Waals surface area (Å²) in [6.07, 6.45) is 0. The summed E-state index contributed by atoms with van der Waals surface area (Å²) in [5, 5.41) is 0.435. The molecule has 0 atom stereocenters. The Kier molecular flexibility index (Phi) is 3.96. The van der Waals surface area contributed by atoms with Crippen LogP contribution in [-0.4, -0.2) is 4.98 Å². The number of halogens is 2. The van der Waals surface area contributed by atoms with E-state index in [1.54, 1.807) is 24.3 Å². The smallest absolute Gasteiger partial charge is 0.165 e. The Morgan fingerprint density at radius 2 is 2.06 bits per heavy atom. The third kappa shape index (κ3) is 2.88. The van der Waals surface area contributed by atoms with E-state index < -0.39 is 5.82 Å². The van der Waals surface area contributed by atoms with Gasteiger partial charge in [-0.05, 0) is 24.3 Å². The number of rotatable bonds is 4. The molecule has 0 fully saturated rings. The second-order valence-electron chi connectivity index (χ2n) is 3.49. The second kappa shape index (κ2) is 5.66. The first kappa shape index (κ1) is 12.6.